The standard InChI is InChI=1S/C15H22N2O2/c1-4-6-12-9-11(14(18)19)10-13(16-12)17-8-5-7-15(17,2)3/h9-10H,4-8H2,1-3H3,(H,18,19). The number of carboxylic acid groups (broad SMARTS) is 1. The van der Waals surface area contributed by atoms with Gasteiger partial charge < -0.3 is 10.0 Å². The first-order valence-electron chi connectivity index (χ1n) is 6.96. The van der Waals surface area contributed by atoms with E-state index in [1.807, 2.05) is 0 Å². The molecule has 0 spiro atoms. The van der Waals surface area contributed by atoms with Crippen LogP contribution in [0.3, 0.4) is 0 Å². The Morgan fingerprint density at radius 1 is 1.47 bits per heavy atom. The van der Waals surface area contributed by atoms with Gasteiger partial charge in [0.05, 0.1) is 5.56 Å². The Hall–Kier alpha value is -1.58. The van der Waals surface area contributed by atoms with E-state index in [9.17, 15) is 9.90 Å². The zero-order valence-corrected chi connectivity index (χ0v) is 11.9. The summed E-state index contributed by atoms with van der Waals surface area (Å²) in [7, 11) is 0. The van der Waals surface area contributed by atoms with Gasteiger partial charge in [0.1, 0.15) is 5.82 Å². The number of carbonyl (C=O) groups is 1. The van der Waals surface area contributed by atoms with Crippen LogP contribution >= 0.6 is 0 Å². The van der Waals surface area contributed by atoms with Gasteiger partial charge >= 0.3 is 5.97 Å². The molecule has 2 rings (SSSR count). The van der Waals surface area contributed by atoms with Gasteiger partial charge in [0.2, 0.25) is 0 Å². The molecule has 0 atom stereocenters. The van der Waals surface area contributed by atoms with Gasteiger partial charge in [0.15, 0.2) is 0 Å². The minimum absolute atomic E-state index is 0.0631. The van der Waals surface area contributed by atoms with Gasteiger partial charge in [-0.05, 0) is 45.2 Å². The first kappa shape index (κ1) is 13.8. The van der Waals surface area contributed by atoms with Crippen molar-refractivity contribution >= 4 is 11.8 Å². The molecular formula is C15H22N2O2. The van der Waals surface area contributed by atoms with Gasteiger partial charge in [-0.25, -0.2) is 9.78 Å². The van der Waals surface area contributed by atoms with Crippen molar-refractivity contribution < 1.29 is 9.90 Å². The minimum atomic E-state index is -0.877. The molecule has 1 aliphatic heterocycles. The number of anilines is 1. The molecule has 0 radical (unpaired) electrons. The largest absolute Gasteiger partial charge is 0.478 e. The monoisotopic (exact) mass is 262 g/mol. The average Bonchev–Trinajstić information content (AvgIpc) is 2.69. The second-order valence-corrected chi connectivity index (χ2v) is 5.83. The highest BCUT2D eigenvalue weighted by atomic mass is 16.4. The Kier molecular flexibility index (Phi) is 3.78. The van der Waals surface area contributed by atoms with Crippen molar-refractivity contribution in [3.05, 3.63) is 23.4 Å². The molecule has 1 aliphatic rings. The second kappa shape index (κ2) is 5.19. The number of aromatic nitrogens is 1. The molecule has 4 nitrogen and oxygen atoms in total. The summed E-state index contributed by atoms with van der Waals surface area (Å²) in [6.07, 6.45) is 4.05. The van der Waals surface area contributed by atoms with E-state index in [1.165, 1.54) is 0 Å². The summed E-state index contributed by atoms with van der Waals surface area (Å²) < 4.78 is 0. The maximum absolute atomic E-state index is 11.2. The SMILES string of the molecule is CCCc1cc(C(=O)O)cc(N2CCCC2(C)C)n1. The third kappa shape index (κ3) is 2.88. The summed E-state index contributed by atoms with van der Waals surface area (Å²) in [5, 5.41) is 9.23. The lowest BCUT2D eigenvalue weighted by atomic mass is 10.0. The lowest BCUT2D eigenvalue weighted by molar-refractivity contribution is 0.0696. The van der Waals surface area contributed by atoms with Crippen molar-refractivity contribution in [2.75, 3.05) is 11.4 Å². The fraction of sp³-hybridized carbons (Fsp3) is 0.600. The molecule has 0 aliphatic carbocycles. The Bertz CT molecular complexity index is 483. The number of pyridine rings is 1. The number of carboxylic acids is 1. The van der Waals surface area contributed by atoms with Crippen LogP contribution < -0.4 is 4.90 Å². The zero-order chi connectivity index (χ0) is 14.0. The first-order chi connectivity index (χ1) is 8.94. The Balaban J connectivity index is 2.41. The lowest BCUT2D eigenvalue weighted by Crippen LogP contribution is -2.38. The van der Waals surface area contributed by atoms with E-state index in [1.54, 1.807) is 12.1 Å². The smallest absolute Gasteiger partial charge is 0.335 e. The van der Waals surface area contributed by atoms with Crippen molar-refractivity contribution in [2.24, 2.45) is 0 Å². The van der Waals surface area contributed by atoms with E-state index in [4.69, 9.17) is 0 Å². The summed E-state index contributed by atoms with van der Waals surface area (Å²) in [6.45, 7) is 7.41. The van der Waals surface area contributed by atoms with E-state index < -0.39 is 5.97 Å². The number of nitrogens with zero attached hydrogens (tertiary/aromatic N) is 2. The fourth-order valence-corrected chi connectivity index (χ4v) is 2.75. The molecule has 1 N–H and O–H groups in total. The third-order valence-corrected chi connectivity index (χ3v) is 3.80. The van der Waals surface area contributed by atoms with Crippen LogP contribution in [-0.4, -0.2) is 28.1 Å². The van der Waals surface area contributed by atoms with Crippen molar-refractivity contribution in [2.45, 2.75) is 52.0 Å². The molecule has 0 saturated carbocycles. The highest BCUT2D eigenvalue weighted by molar-refractivity contribution is 5.88. The number of aryl methyl sites for hydroxylation is 1. The predicted octanol–water partition coefficient (Wildman–Crippen LogP) is 3.11. The van der Waals surface area contributed by atoms with Crippen LogP contribution in [0.2, 0.25) is 0 Å². The van der Waals surface area contributed by atoms with Crippen LogP contribution in [0.5, 0.6) is 0 Å². The molecule has 0 unspecified atom stereocenters. The van der Waals surface area contributed by atoms with Gasteiger partial charge in [-0.1, -0.05) is 13.3 Å². The van der Waals surface area contributed by atoms with Crippen LogP contribution in [0, 0.1) is 0 Å². The number of hydrogen-bond acceptors (Lipinski definition) is 3. The molecule has 2 heterocycles. The van der Waals surface area contributed by atoms with Gasteiger partial charge in [-0.15, -0.1) is 0 Å². The molecule has 1 saturated heterocycles. The Morgan fingerprint density at radius 2 is 2.21 bits per heavy atom. The maximum Gasteiger partial charge on any atom is 0.335 e. The molecule has 1 fully saturated rings. The minimum Gasteiger partial charge on any atom is -0.478 e. The molecule has 104 valence electrons. The summed E-state index contributed by atoms with van der Waals surface area (Å²) in [5.74, 6) is -0.0659. The van der Waals surface area contributed by atoms with Crippen LogP contribution in [0.15, 0.2) is 12.1 Å². The molecule has 19 heavy (non-hydrogen) atoms. The molecule has 4 heteroatoms. The highest BCUT2D eigenvalue weighted by Gasteiger charge is 2.33. The fourth-order valence-electron chi connectivity index (χ4n) is 2.75. The van der Waals surface area contributed by atoms with Crippen molar-refractivity contribution in [3.63, 3.8) is 0 Å². The normalized spacial score (nSPS) is 17.7. The van der Waals surface area contributed by atoms with Crippen LogP contribution in [0.4, 0.5) is 5.82 Å². The van der Waals surface area contributed by atoms with Gasteiger partial charge in [0.25, 0.3) is 0 Å². The summed E-state index contributed by atoms with van der Waals surface area (Å²) in [4.78, 5) is 18.1. The quantitative estimate of drug-likeness (QED) is 0.905. The molecule has 1 aromatic heterocycles. The molecule has 0 bridgehead atoms. The molecule has 0 aromatic carbocycles. The zero-order valence-electron chi connectivity index (χ0n) is 11.9. The second-order valence-electron chi connectivity index (χ2n) is 5.83. The van der Waals surface area contributed by atoms with E-state index in [-0.39, 0.29) is 5.54 Å². The molecular weight excluding hydrogens is 240 g/mol. The lowest BCUT2D eigenvalue weighted by Gasteiger charge is -2.33. The third-order valence-electron chi connectivity index (χ3n) is 3.80. The van der Waals surface area contributed by atoms with Crippen molar-refractivity contribution in [1.82, 2.24) is 4.98 Å². The van der Waals surface area contributed by atoms with E-state index in [0.717, 1.165) is 43.7 Å². The topological polar surface area (TPSA) is 53.4 Å². The number of aromatic carboxylic acids is 1. The Morgan fingerprint density at radius 3 is 2.74 bits per heavy atom. The van der Waals surface area contributed by atoms with E-state index in [0.29, 0.717) is 5.56 Å². The van der Waals surface area contributed by atoms with Gasteiger partial charge in [0, 0.05) is 17.8 Å². The Labute approximate surface area is 114 Å². The number of rotatable bonds is 4. The summed E-state index contributed by atoms with van der Waals surface area (Å²) in [5.41, 5.74) is 1.28. The first-order valence-corrected chi connectivity index (χ1v) is 6.96. The van der Waals surface area contributed by atoms with E-state index >= 15 is 0 Å². The molecule has 0 amide bonds. The number of hydrogen-bond donors (Lipinski definition) is 1. The molecule has 1 aromatic rings. The van der Waals surface area contributed by atoms with Crippen LogP contribution in [-0.2, 0) is 6.42 Å². The van der Waals surface area contributed by atoms with Gasteiger partial charge in [-0.2, -0.15) is 0 Å². The van der Waals surface area contributed by atoms with Gasteiger partial charge in [-0.3, -0.25) is 0 Å². The van der Waals surface area contributed by atoms with Crippen LogP contribution in [0.1, 0.15) is 56.1 Å². The predicted molar refractivity (Wildman–Crippen MR) is 75.9 cm³/mol. The van der Waals surface area contributed by atoms with E-state index in [2.05, 4.69) is 30.7 Å². The summed E-state index contributed by atoms with van der Waals surface area (Å²) >= 11 is 0. The summed E-state index contributed by atoms with van der Waals surface area (Å²) in [6, 6.07) is 3.40. The maximum atomic E-state index is 11.2. The highest BCUT2D eigenvalue weighted by Crippen LogP contribution is 2.33. The average molecular weight is 262 g/mol. The van der Waals surface area contributed by atoms with Crippen molar-refractivity contribution in [1.29, 1.82) is 0 Å². The van der Waals surface area contributed by atoms with Crippen LogP contribution in [0.25, 0.3) is 0 Å². The van der Waals surface area contributed by atoms with Crippen molar-refractivity contribution in [3.8, 4) is 0 Å².